The number of amides is 1. The van der Waals surface area contributed by atoms with Gasteiger partial charge in [-0.3, -0.25) is 14.2 Å². The van der Waals surface area contributed by atoms with E-state index in [1.54, 1.807) is 0 Å². The molecular weight excluding hydrogens is 1000 g/mol. The van der Waals surface area contributed by atoms with Crippen molar-refractivity contribution < 1.29 is 37.3 Å². The van der Waals surface area contributed by atoms with E-state index in [9.17, 15) is 19.0 Å². The van der Waals surface area contributed by atoms with Crippen LogP contribution >= 0.6 is 7.82 Å². The van der Waals surface area contributed by atoms with Crippen LogP contribution in [-0.2, 0) is 27.9 Å². The van der Waals surface area contributed by atoms with Gasteiger partial charge in [0, 0.05) is 12.8 Å². The second-order valence-corrected chi connectivity index (χ2v) is 24.3. The van der Waals surface area contributed by atoms with E-state index in [1.807, 2.05) is 33.3 Å². The Labute approximate surface area is 488 Å². The lowest BCUT2D eigenvalue weighted by atomic mass is 10.0. The Morgan fingerprint density at radius 1 is 0.456 bits per heavy atom. The summed E-state index contributed by atoms with van der Waals surface area (Å²) in [5, 5.41) is 3.02. The zero-order valence-electron chi connectivity index (χ0n) is 52.1. The maximum Gasteiger partial charge on any atom is 0.306 e. The summed E-state index contributed by atoms with van der Waals surface area (Å²) in [4.78, 5) is 40.0. The molecule has 0 aliphatic carbocycles. The van der Waals surface area contributed by atoms with E-state index in [-0.39, 0.29) is 24.9 Å². The van der Waals surface area contributed by atoms with Gasteiger partial charge in [0.1, 0.15) is 19.3 Å². The van der Waals surface area contributed by atoms with Gasteiger partial charge in [-0.15, -0.1) is 0 Å². The number of carbonyl (C=O) groups is 2. The monoisotopic (exact) mass is 1120 g/mol. The third kappa shape index (κ3) is 59.4. The summed E-state index contributed by atoms with van der Waals surface area (Å²) >= 11 is 0. The van der Waals surface area contributed by atoms with Crippen LogP contribution in [-0.4, -0.2) is 69.4 Å². The summed E-state index contributed by atoms with van der Waals surface area (Å²) in [6.45, 7) is 6.71. The first-order valence-electron chi connectivity index (χ1n) is 32.5. The van der Waals surface area contributed by atoms with E-state index in [0.29, 0.717) is 23.9 Å². The molecule has 0 aliphatic rings. The van der Waals surface area contributed by atoms with Crippen LogP contribution in [0.25, 0.3) is 0 Å². The minimum atomic E-state index is -4.71. The Hall–Kier alpha value is -3.07. The number of rotatable bonds is 58. The van der Waals surface area contributed by atoms with Gasteiger partial charge < -0.3 is 28.5 Å². The first-order chi connectivity index (χ1) is 38.4. The highest BCUT2D eigenvalue weighted by Gasteiger charge is 2.27. The van der Waals surface area contributed by atoms with Crippen molar-refractivity contribution >= 4 is 19.7 Å². The molecule has 456 valence electrons. The number of hydrogen-bond donors (Lipinski definition) is 1. The number of likely N-dealkylation sites (N-methyl/N-ethyl adjacent to an activating group) is 1. The van der Waals surface area contributed by atoms with Crippen molar-refractivity contribution in [3.05, 3.63) is 97.2 Å². The van der Waals surface area contributed by atoms with Gasteiger partial charge in [-0.05, 0) is 109 Å². The first-order valence-corrected chi connectivity index (χ1v) is 34.0. The predicted molar refractivity (Wildman–Crippen MR) is 339 cm³/mol. The largest absolute Gasteiger partial charge is 0.756 e. The molecule has 0 aromatic carbocycles. The summed E-state index contributed by atoms with van der Waals surface area (Å²) in [5.41, 5.74) is 0. The van der Waals surface area contributed by atoms with Crippen molar-refractivity contribution in [2.24, 2.45) is 0 Å². The second kappa shape index (κ2) is 58.1. The van der Waals surface area contributed by atoms with Gasteiger partial charge in [-0.2, -0.15) is 0 Å². The number of ether oxygens (including phenoxy) is 1. The Bertz CT molecular complexity index is 1670. The molecule has 1 amide bonds. The molecule has 10 heteroatoms. The lowest BCUT2D eigenvalue weighted by Crippen LogP contribution is -2.47. The molecule has 0 fully saturated rings. The van der Waals surface area contributed by atoms with Crippen LogP contribution < -0.4 is 10.2 Å². The number of esters is 1. The average Bonchev–Trinajstić information content (AvgIpc) is 3.41. The van der Waals surface area contributed by atoms with Crippen LogP contribution in [0.4, 0.5) is 0 Å². The van der Waals surface area contributed by atoms with Crippen LogP contribution in [0, 0.1) is 0 Å². The summed E-state index contributed by atoms with van der Waals surface area (Å²) in [6.07, 6.45) is 78.0. The molecule has 0 aromatic heterocycles. The fourth-order valence-corrected chi connectivity index (χ4v) is 9.71. The molecule has 0 saturated heterocycles. The van der Waals surface area contributed by atoms with Crippen molar-refractivity contribution in [3.8, 4) is 0 Å². The molecule has 9 nitrogen and oxygen atoms in total. The quantitative estimate of drug-likeness (QED) is 0.0212. The van der Waals surface area contributed by atoms with Crippen LogP contribution in [0.15, 0.2) is 97.2 Å². The maximum atomic E-state index is 13.5. The first kappa shape index (κ1) is 75.9. The van der Waals surface area contributed by atoms with Gasteiger partial charge in [-0.1, -0.05) is 253 Å². The number of nitrogens with one attached hydrogen (secondary N) is 1. The molecule has 0 spiro atoms. The zero-order valence-corrected chi connectivity index (χ0v) is 52.9. The van der Waals surface area contributed by atoms with Crippen LogP contribution in [0.2, 0.25) is 0 Å². The molecule has 79 heavy (non-hydrogen) atoms. The number of unbranched alkanes of at least 4 members (excludes halogenated alkanes) is 28. The Balaban J connectivity index is 5.22. The number of hydrogen-bond acceptors (Lipinski definition) is 7. The van der Waals surface area contributed by atoms with Gasteiger partial charge in [0.25, 0.3) is 7.82 Å². The summed E-state index contributed by atoms with van der Waals surface area (Å²) in [7, 11) is 1.16. The number of phosphoric acid groups is 1. The maximum absolute atomic E-state index is 13.5. The lowest BCUT2D eigenvalue weighted by Gasteiger charge is -2.30. The third-order valence-corrected chi connectivity index (χ3v) is 15.0. The van der Waals surface area contributed by atoms with E-state index < -0.39 is 26.6 Å². The lowest BCUT2D eigenvalue weighted by molar-refractivity contribution is -0.870. The SMILES string of the molecule is CC/C=C\C/C=C\C/C=C\C/C=C\C/C=C\C/C=C\CCCCCCC(=O)OC(/C=C/CCCCCCCCCCC)C(COP(=O)([O-])OCC[N+](C)(C)C)NC(=O)CCCCCCCCCCC/C=C/CCCCCCCC. The molecule has 0 aromatic rings. The predicted octanol–water partition coefficient (Wildman–Crippen LogP) is 19.7. The highest BCUT2D eigenvalue weighted by molar-refractivity contribution is 7.45. The Kier molecular flexibility index (Phi) is 55.9. The van der Waals surface area contributed by atoms with Crippen LogP contribution in [0.3, 0.4) is 0 Å². The van der Waals surface area contributed by atoms with E-state index in [0.717, 1.165) is 109 Å². The molecule has 3 unspecified atom stereocenters. The molecular formula is C69H123N2O7P. The van der Waals surface area contributed by atoms with Crippen molar-refractivity contribution in [2.45, 2.75) is 290 Å². The minimum absolute atomic E-state index is 0.0310. The fraction of sp³-hybridized carbons (Fsp3) is 0.739. The fourth-order valence-electron chi connectivity index (χ4n) is 8.99. The van der Waals surface area contributed by atoms with Crippen LogP contribution in [0.1, 0.15) is 278 Å². The van der Waals surface area contributed by atoms with E-state index >= 15 is 0 Å². The summed E-state index contributed by atoms with van der Waals surface area (Å²) in [6, 6.07) is -0.905. The topological polar surface area (TPSA) is 114 Å². The molecule has 1 N–H and O–H groups in total. The molecule has 0 heterocycles. The van der Waals surface area contributed by atoms with Gasteiger partial charge in [-0.25, -0.2) is 0 Å². The molecule has 0 bridgehead atoms. The van der Waals surface area contributed by atoms with Crippen molar-refractivity contribution in [1.29, 1.82) is 0 Å². The Morgan fingerprint density at radius 2 is 0.810 bits per heavy atom. The molecule has 0 saturated carbocycles. The third-order valence-electron chi connectivity index (χ3n) is 14.0. The molecule has 3 atom stereocenters. The van der Waals surface area contributed by atoms with Gasteiger partial charge >= 0.3 is 5.97 Å². The standard InChI is InChI=1S/C69H123N2O7P/c1-7-10-13-16-19-22-25-27-29-31-33-34-35-36-38-40-42-44-47-50-53-56-59-62-69(73)78-67(60-57-54-51-48-45-24-21-18-15-12-9-3)66(65-77-79(74,75)76-64-63-71(4,5)6)70-68(72)61-58-55-52-49-46-43-41-39-37-32-30-28-26-23-20-17-14-11-8-2/h10,13,19,22,27-30,33-34,36,38,42,44,57,60,66-67H,7-9,11-12,14-18,20-21,23-26,31-32,35,37,39-41,43,45-56,58-59,61-65H2,1-6H3,(H-,70,72,74,75)/b13-10-,22-19-,29-27-,30-28+,34-33-,38-36-,44-42-,60-57+. The molecule has 0 aliphatic heterocycles. The number of phosphoric ester groups is 1. The summed E-state index contributed by atoms with van der Waals surface area (Å²) in [5.74, 6) is -0.573. The normalized spacial score (nSPS) is 14.3. The molecule has 0 rings (SSSR count). The van der Waals surface area contributed by atoms with Crippen molar-refractivity contribution in [2.75, 3.05) is 40.9 Å². The minimum Gasteiger partial charge on any atom is -0.756 e. The average molecular weight is 1120 g/mol. The highest BCUT2D eigenvalue weighted by Crippen LogP contribution is 2.38. The number of quaternary nitrogens is 1. The van der Waals surface area contributed by atoms with E-state index in [1.165, 1.54) is 128 Å². The zero-order chi connectivity index (χ0) is 57.9. The van der Waals surface area contributed by atoms with E-state index in [4.69, 9.17) is 13.8 Å². The number of nitrogens with zero attached hydrogens (tertiary/aromatic N) is 1. The van der Waals surface area contributed by atoms with E-state index in [2.05, 4.69) is 111 Å². The second-order valence-electron chi connectivity index (χ2n) is 22.9. The number of carbonyl (C=O) groups excluding carboxylic acids is 2. The van der Waals surface area contributed by atoms with Crippen molar-refractivity contribution in [3.63, 3.8) is 0 Å². The molecule has 0 radical (unpaired) electrons. The van der Waals surface area contributed by atoms with Gasteiger partial charge in [0.05, 0.1) is 33.8 Å². The van der Waals surface area contributed by atoms with Gasteiger partial charge in [0.15, 0.2) is 0 Å². The summed E-state index contributed by atoms with van der Waals surface area (Å²) < 4.78 is 30.3. The van der Waals surface area contributed by atoms with Crippen LogP contribution in [0.5, 0.6) is 0 Å². The van der Waals surface area contributed by atoms with Gasteiger partial charge in [0.2, 0.25) is 5.91 Å². The van der Waals surface area contributed by atoms with Crippen molar-refractivity contribution in [1.82, 2.24) is 5.32 Å². The highest BCUT2D eigenvalue weighted by atomic mass is 31.2. The Morgan fingerprint density at radius 3 is 1.23 bits per heavy atom. The number of allylic oxidation sites excluding steroid dienone is 15. The smallest absolute Gasteiger partial charge is 0.306 e.